The average molecular weight is 355 g/mol. The number of hydrogen-bond donors (Lipinski definition) is 3. The Bertz CT molecular complexity index is 657. The summed E-state index contributed by atoms with van der Waals surface area (Å²) in [6.07, 6.45) is 3.27. The number of aryl methyl sites for hydroxylation is 1. The van der Waals surface area contributed by atoms with Gasteiger partial charge in [-0.1, -0.05) is 11.6 Å². The van der Waals surface area contributed by atoms with Crippen LogP contribution in [0.2, 0.25) is 5.02 Å². The third-order valence-electron chi connectivity index (χ3n) is 3.48. The van der Waals surface area contributed by atoms with Crippen molar-refractivity contribution in [2.45, 2.75) is 32.8 Å². The summed E-state index contributed by atoms with van der Waals surface area (Å²) < 4.78 is 10.4. The molecule has 0 radical (unpaired) electrons. The summed E-state index contributed by atoms with van der Waals surface area (Å²) in [6, 6.07) is 1.71. The number of halogens is 1. The molecular weight excluding hydrogens is 332 g/mol. The highest BCUT2D eigenvalue weighted by molar-refractivity contribution is 6.33. The minimum absolute atomic E-state index is 0.186. The van der Waals surface area contributed by atoms with Crippen LogP contribution in [0.4, 0.5) is 5.82 Å². The Morgan fingerprint density at radius 2 is 2.33 bits per heavy atom. The summed E-state index contributed by atoms with van der Waals surface area (Å²) >= 11 is 6.12. The predicted molar refractivity (Wildman–Crippen MR) is 93.2 cm³/mol. The molecule has 1 unspecified atom stereocenters. The minimum Gasteiger partial charge on any atom is -0.476 e. The minimum atomic E-state index is -0.186. The molecule has 132 valence electrons. The van der Waals surface area contributed by atoms with Crippen LogP contribution in [0.25, 0.3) is 11.1 Å². The lowest BCUT2D eigenvalue weighted by atomic mass is 10.1. The molecule has 1 aliphatic rings. The standard InChI is InChI=1S/C11H13ClN4O.C5H10O2/c1-3-17-11-10(6(2)15-16-11)7-4-9(13)14-5-8(7)12;6-5-2-1-3-7-4-5/h4-5H,3H2,1-2H3,(H2,13,14)(H,15,16);5-6H,1-4H2. The van der Waals surface area contributed by atoms with E-state index in [0.717, 1.165) is 36.3 Å². The first-order chi connectivity index (χ1) is 11.5. The SMILES string of the molecule is CCOc1n[nH]c(C)c1-c1cc(N)ncc1Cl.OC1CCCOC1. The number of anilines is 1. The number of hydrogen-bond acceptors (Lipinski definition) is 6. The van der Waals surface area contributed by atoms with Crippen LogP contribution in [-0.2, 0) is 4.74 Å². The van der Waals surface area contributed by atoms with E-state index in [-0.39, 0.29) is 6.10 Å². The summed E-state index contributed by atoms with van der Waals surface area (Å²) in [5.74, 6) is 0.935. The van der Waals surface area contributed by atoms with E-state index in [0.29, 0.717) is 29.9 Å². The van der Waals surface area contributed by atoms with Gasteiger partial charge in [-0.2, -0.15) is 0 Å². The van der Waals surface area contributed by atoms with Crippen LogP contribution in [-0.4, -0.2) is 46.2 Å². The van der Waals surface area contributed by atoms with Crippen molar-refractivity contribution in [1.29, 1.82) is 0 Å². The van der Waals surface area contributed by atoms with E-state index < -0.39 is 0 Å². The summed E-state index contributed by atoms with van der Waals surface area (Å²) in [7, 11) is 0. The average Bonchev–Trinajstić information content (AvgIpc) is 2.92. The Morgan fingerprint density at radius 3 is 2.92 bits per heavy atom. The highest BCUT2D eigenvalue weighted by Gasteiger charge is 2.16. The molecule has 0 spiro atoms. The Kier molecular flexibility index (Phi) is 6.84. The quantitative estimate of drug-likeness (QED) is 0.782. The number of nitrogen functional groups attached to an aromatic ring is 1. The van der Waals surface area contributed by atoms with Crippen molar-refractivity contribution >= 4 is 17.4 Å². The molecule has 8 heteroatoms. The van der Waals surface area contributed by atoms with Gasteiger partial charge < -0.3 is 20.3 Å². The Morgan fingerprint density at radius 1 is 1.54 bits per heavy atom. The number of nitrogens with one attached hydrogen (secondary N) is 1. The second-order valence-electron chi connectivity index (χ2n) is 5.42. The first kappa shape index (κ1) is 18.5. The fraction of sp³-hybridized carbons (Fsp3) is 0.500. The van der Waals surface area contributed by atoms with E-state index in [9.17, 15) is 0 Å². The topological polar surface area (TPSA) is 106 Å². The van der Waals surface area contributed by atoms with Gasteiger partial charge >= 0.3 is 0 Å². The Hall–Kier alpha value is -1.83. The molecule has 0 amide bonds. The van der Waals surface area contributed by atoms with Gasteiger partial charge in [0, 0.05) is 24.1 Å². The molecule has 0 aromatic carbocycles. The van der Waals surface area contributed by atoms with Crippen molar-refractivity contribution in [2.24, 2.45) is 0 Å². The van der Waals surface area contributed by atoms with Crippen LogP contribution in [0, 0.1) is 6.92 Å². The molecule has 2 aromatic heterocycles. The number of nitrogens with two attached hydrogens (primary N) is 1. The van der Waals surface area contributed by atoms with Crippen molar-refractivity contribution in [1.82, 2.24) is 15.2 Å². The summed E-state index contributed by atoms with van der Waals surface area (Å²) in [4.78, 5) is 3.93. The number of aromatic amines is 1. The molecule has 1 fully saturated rings. The lowest BCUT2D eigenvalue weighted by molar-refractivity contribution is -0.00535. The van der Waals surface area contributed by atoms with E-state index >= 15 is 0 Å². The molecule has 0 bridgehead atoms. The molecule has 24 heavy (non-hydrogen) atoms. The van der Waals surface area contributed by atoms with Crippen molar-refractivity contribution in [3.63, 3.8) is 0 Å². The monoisotopic (exact) mass is 354 g/mol. The molecule has 7 nitrogen and oxygen atoms in total. The third kappa shape index (κ3) is 4.83. The number of aromatic nitrogens is 3. The van der Waals surface area contributed by atoms with Crippen LogP contribution in [0.1, 0.15) is 25.5 Å². The van der Waals surface area contributed by atoms with Crippen LogP contribution >= 0.6 is 11.6 Å². The highest BCUT2D eigenvalue weighted by Crippen LogP contribution is 2.36. The van der Waals surface area contributed by atoms with Gasteiger partial charge in [-0.05, 0) is 32.8 Å². The lowest BCUT2D eigenvalue weighted by Gasteiger charge is -2.15. The maximum Gasteiger partial charge on any atom is 0.240 e. The van der Waals surface area contributed by atoms with Gasteiger partial charge in [-0.3, -0.25) is 5.10 Å². The van der Waals surface area contributed by atoms with Crippen LogP contribution in [0.5, 0.6) is 5.88 Å². The van der Waals surface area contributed by atoms with Crippen molar-refractivity contribution in [2.75, 3.05) is 25.6 Å². The summed E-state index contributed by atoms with van der Waals surface area (Å²) in [6.45, 7) is 5.71. The zero-order valence-electron chi connectivity index (χ0n) is 13.9. The smallest absolute Gasteiger partial charge is 0.240 e. The van der Waals surface area contributed by atoms with Gasteiger partial charge in [-0.25, -0.2) is 4.98 Å². The Balaban J connectivity index is 0.000000249. The zero-order chi connectivity index (χ0) is 17.5. The molecular formula is C16H23ClN4O3. The van der Waals surface area contributed by atoms with Crippen LogP contribution in [0.3, 0.4) is 0 Å². The van der Waals surface area contributed by atoms with Gasteiger partial charge in [-0.15, -0.1) is 5.10 Å². The molecule has 1 aliphatic heterocycles. The zero-order valence-corrected chi connectivity index (χ0v) is 14.6. The molecule has 1 atom stereocenters. The fourth-order valence-corrected chi connectivity index (χ4v) is 2.53. The van der Waals surface area contributed by atoms with E-state index in [2.05, 4.69) is 15.2 Å². The lowest BCUT2D eigenvalue weighted by Crippen LogP contribution is -2.21. The van der Waals surface area contributed by atoms with E-state index in [1.807, 2.05) is 13.8 Å². The number of aliphatic hydroxyl groups is 1. The normalized spacial score (nSPS) is 17.1. The number of aliphatic hydroxyl groups excluding tert-OH is 1. The molecule has 1 saturated heterocycles. The highest BCUT2D eigenvalue weighted by atomic mass is 35.5. The first-order valence-electron chi connectivity index (χ1n) is 7.87. The Labute approximate surface area is 146 Å². The van der Waals surface area contributed by atoms with E-state index in [1.54, 1.807) is 6.07 Å². The summed E-state index contributed by atoms with van der Waals surface area (Å²) in [5, 5.41) is 16.3. The molecule has 4 N–H and O–H groups in total. The third-order valence-corrected chi connectivity index (χ3v) is 3.78. The second kappa shape index (κ2) is 8.86. The van der Waals surface area contributed by atoms with Gasteiger partial charge in [0.1, 0.15) is 5.82 Å². The molecule has 2 aromatic rings. The largest absolute Gasteiger partial charge is 0.476 e. The van der Waals surface area contributed by atoms with Gasteiger partial charge in [0.15, 0.2) is 0 Å². The van der Waals surface area contributed by atoms with Crippen LogP contribution < -0.4 is 10.5 Å². The first-order valence-corrected chi connectivity index (χ1v) is 8.25. The van der Waals surface area contributed by atoms with Crippen LogP contribution in [0.15, 0.2) is 12.3 Å². The van der Waals surface area contributed by atoms with Gasteiger partial charge in [0.2, 0.25) is 5.88 Å². The fourth-order valence-electron chi connectivity index (χ4n) is 2.34. The number of H-pyrrole nitrogens is 1. The molecule has 3 rings (SSSR count). The number of nitrogens with zero attached hydrogens (tertiary/aromatic N) is 2. The maximum absolute atomic E-state index is 8.78. The van der Waals surface area contributed by atoms with Gasteiger partial charge in [0.25, 0.3) is 0 Å². The molecule has 3 heterocycles. The van der Waals surface area contributed by atoms with Crippen molar-refractivity contribution in [3.8, 4) is 17.0 Å². The second-order valence-corrected chi connectivity index (χ2v) is 5.83. The van der Waals surface area contributed by atoms with Crippen molar-refractivity contribution in [3.05, 3.63) is 23.0 Å². The number of rotatable bonds is 3. The predicted octanol–water partition coefficient (Wildman–Crippen LogP) is 2.57. The molecule has 0 saturated carbocycles. The molecule has 0 aliphatic carbocycles. The maximum atomic E-state index is 8.78. The van der Waals surface area contributed by atoms with Crippen molar-refractivity contribution < 1.29 is 14.6 Å². The van der Waals surface area contributed by atoms with Gasteiger partial charge in [0.05, 0.1) is 29.9 Å². The van der Waals surface area contributed by atoms with E-state index in [1.165, 1.54) is 6.20 Å². The number of ether oxygens (including phenoxy) is 2. The van der Waals surface area contributed by atoms with E-state index in [4.69, 9.17) is 31.9 Å². The number of pyridine rings is 1. The summed E-state index contributed by atoms with van der Waals surface area (Å²) in [5.41, 5.74) is 8.14.